The molecule has 0 saturated heterocycles. The van der Waals surface area contributed by atoms with Gasteiger partial charge in [0.25, 0.3) is 0 Å². The summed E-state index contributed by atoms with van der Waals surface area (Å²) >= 11 is 0. The van der Waals surface area contributed by atoms with E-state index in [1.54, 1.807) is 7.11 Å². The van der Waals surface area contributed by atoms with E-state index in [4.69, 9.17) is 4.74 Å². The molecule has 0 aromatic heterocycles. The minimum atomic E-state index is -0.859. The Kier molecular flexibility index (Phi) is 8.27. The minimum absolute atomic E-state index is 0.01000. The molecule has 0 spiro atoms. The Bertz CT molecular complexity index is 1210. The van der Waals surface area contributed by atoms with Crippen LogP contribution < -0.4 is 5.32 Å². The molecule has 1 amide bonds. The summed E-state index contributed by atoms with van der Waals surface area (Å²) in [5, 5.41) is 12.7. The van der Waals surface area contributed by atoms with Crippen molar-refractivity contribution in [1.82, 2.24) is 5.32 Å². The van der Waals surface area contributed by atoms with Crippen molar-refractivity contribution in [2.24, 2.45) is 62.1 Å². The second-order valence-electron chi connectivity index (χ2n) is 18.2. The molecule has 0 aromatic carbocycles. The van der Waals surface area contributed by atoms with Gasteiger partial charge in [0.05, 0.1) is 18.9 Å². The van der Waals surface area contributed by atoms with E-state index in [0.717, 1.165) is 44.9 Å². The summed E-state index contributed by atoms with van der Waals surface area (Å²) in [6.45, 7) is 22.9. The molecule has 0 aliphatic heterocycles. The van der Waals surface area contributed by atoms with Crippen molar-refractivity contribution in [2.75, 3.05) is 7.11 Å². The topological polar surface area (TPSA) is 92.7 Å². The van der Waals surface area contributed by atoms with Crippen LogP contribution in [0.3, 0.4) is 0 Å². The number of carboxylic acids is 1. The lowest BCUT2D eigenvalue weighted by Crippen LogP contribution is -2.68. The first kappa shape index (κ1) is 33.5. The molecule has 2 N–H and O–H groups in total. The first-order valence-electron chi connectivity index (χ1n) is 17.5. The first-order valence-corrected chi connectivity index (χ1v) is 17.5. The Morgan fingerprint density at radius 1 is 0.864 bits per heavy atom. The standard InChI is InChI=1S/C38H61NO5/c1-23(2)24-13-18-38(32(43)44-10)20-19-36(8)25(31(24)38)11-12-27-35(7)16-15-28(34(5,6)26(35)14-17-37(27,36)9)39-29(40)21-33(3,4)22-30(41)42/h24-28,31H,1,11-22H2,2-10H3,(H,39,40)(H,41,42)/t24-,25+,26-,27+,28+,31+,35-,36+,37+,38-/m0/s1. The predicted octanol–water partition coefficient (Wildman–Crippen LogP) is 8.19. The molecule has 5 aliphatic carbocycles. The number of fused-ring (bicyclic) bond motifs is 7. The number of hydrogen-bond acceptors (Lipinski definition) is 4. The monoisotopic (exact) mass is 611 g/mol. The van der Waals surface area contributed by atoms with Gasteiger partial charge in [-0.3, -0.25) is 14.4 Å². The third-order valence-electron chi connectivity index (χ3n) is 15.3. The molecule has 44 heavy (non-hydrogen) atoms. The number of methoxy groups -OCH3 is 1. The van der Waals surface area contributed by atoms with E-state index in [1.165, 1.54) is 24.8 Å². The third-order valence-corrected chi connectivity index (χ3v) is 15.3. The van der Waals surface area contributed by atoms with Crippen LogP contribution in [0.15, 0.2) is 12.2 Å². The number of esters is 1. The molecule has 0 unspecified atom stereocenters. The molecular weight excluding hydrogens is 550 g/mol. The van der Waals surface area contributed by atoms with Crippen molar-refractivity contribution in [3.8, 4) is 0 Å². The second-order valence-corrected chi connectivity index (χ2v) is 18.2. The van der Waals surface area contributed by atoms with Gasteiger partial charge in [-0.2, -0.15) is 0 Å². The van der Waals surface area contributed by atoms with Crippen molar-refractivity contribution in [3.63, 3.8) is 0 Å². The van der Waals surface area contributed by atoms with Gasteiger partial charge in [-0.1, -0.05) is 60.6 Å². The summed E-state index contributed by atoms with van der Waals surface area (Å²) in [7, 11) is 1.58. The quantitative estimate of drug-likeness (QED) is 0.224. The summed E-state index contributed by atoms with van der Waals surface area (Å²) in [6, 6.07) is 0.0927. The molecule has 0 radical (unpaired) electrons. The summed E-state index contributed by atoms with van der Waals surface area (Å²) in [5.41, 5.74) is 0.799. The summed E-state index contributed by atoms with van der Waals surface area (Å²) in [4.78, 5) is 38.1. The Balaban J connectivity index is 1.40. The lowest BCUT2D eigenvalue weighted by atomic mass is 9.32. The van der Waals surface area contributed by atoms with Crippen LogP contribution in [-0.2, 0) is 19.1 Å². The van der Waals surface area contributed by atoms with Crippen LogP contribution in [0.1, 0.15) is 132 Å². The number of ether oxygens (including phenoxy) is 1. The molecule has 5 aliphatic rings. The molecule has 5 rings (SSSR count). The number of allylic oxidation sites excluding steroid dienone is 1. The second kappa shape index (κ2) is 10.9. The normalized spacial score (nSPS) is 44.3. The predicted molar refractivity (Wildman–Crippen MR) is 174 cm³/mol. The Morgan fingerprint density at radius 3 is 2.16 bits per heavy atom. The highest BCUT2D eigenvalue weighted by Crippen LogP contribution is 2.77. The average molecular weight is 612 g/mol. The van der Waals surface area contributed by atoms with E-state index < -0.39 is 11.4 Å². The molecule has 10 atom stereocenters. The van der Waals surface area contributed by atoms with E-state index in [-0.39, 0.29) is 57.8 Å². The highest BCUT2D eigenvalue weighted by atomic mass is 16.5. The van der Waals surface area contributed by atoms with Gasteiger partial charge < -0.3 is 15.2 Å². The lowest BCUT2D eigenvalue weighted by Gasteiger charge is -2.73. The number of carboxylic acid groups (broad SMARTS) is 1. The highest BCUT2D eigenvalue weighted by molar-refractivity contribution is 5.79. The number of carbonyl (C=O) groups excluding carboxylic acids is 2. The van der Waals surface area contributed by atoms with E-state index >= 15 is 0 Å². The summed E-state index contributed by atoms with van der Waals surface area (Å²) < 4.78 is 5.53. The Hall–Kier alpha value is -1.85. The largest absolute Gasteiger partial charge is 0.481 e. The molecule has 6 heteroatoms. The SMILES string of the molecule is C=C(C)[C@@H]1CC[C@]2(C(=O)OC)CC[C@]3(C)[C@H](CC[C@@H]4[C@@]5(C)CC[C@@H](NC(=O)CC(C)(C)CC(=O)O)C(C)(C)[C@@H]5CC[C@]43C)[C@@H]12. The van der Waals surface area contributed by atoms with Crippen molar-refractivity contribution < 1.29 is 24.2 Å². The Morgan fingerprint density at radius 2 is 1.55 bits per heavy atom. The number of amides is 1. The highest BCUT2D eigenvalue weighted by Gasteiger charge is 2.72. The van der Waals surface area contributed by atoms with Gasteiger partial charge in [0, 0.05) is 12.5 Å². The fraction of sp³-hybridized carbons (Fsp3) is 0.868. The van der Waals surface area contributed by atoms with Crippen LogP contribution in [0.25, 0.3) is 0 Å². The van der Waals surface area contributed by atoms with E-state index in [1.807, 2.05) is 13.8 Å². The van der Waals surface area contributed by atoms with Crippen LogP contribution in [-0.4, -0.2) is 36.1 Å². The molecule has 5 saturated carbocycles. The minimum Gasteiger partial charge on any atom is -0.481 e. The van der Waals surface area contributed by atoms with Crippen molar-refractivity contribution in [3.05, 3.63) is 12.2 Å². The molecule has 248 valence electrons. The molecule has 0 aromatic rings. The molecular formula is C38H61NO5. The third kappa shape index (κ3) is 4.81. The number of aliphatic carboxylic acids is 1. The number of nitrogens with one attached hydrogen (secondary N) is 1. The molecule has 0 heterocycles. The van der Waals surface area contributed by atoms with E-state index in [9.17, 15) is 19.5 Å². The molecule has 5 fully saturated rings. The number of rotatable bonds is 7. The summed E-state index contributed by atoms with van der Waals surface area (Å²) in [6.07, 6.45) is 11.0. The van der Waals surface area contributed by atoms with Crippen LogP contribution >= 0.6 is 0 Å². The molecule has 0 bridgehead atoms. The zero-order chi connectivity index (χ0) is 32.7. The fourth-order valence-corrected chi connectivity index (χ4v) is 13.1. The number of carbonyl (C=O) groups is 3. The first-order chi connectivity index (χ1) is 20.3. The average Bonchev–Trinajstić information content (AvgIpc) is 3.30. The van der Waals surface area contributed by atoms with Crippen LogP contribution in [0.2, 0.25) is 0 Å². The van der Waals surface area contributed by atoms with Crippen LogP contribution in [0, 0.1) is 62.1 Å². The smallest absolute Gasteiger partial charge is 0.312 e. The van der Waals surface area contributed by atoms with E-state index in [2.05, 4.69) is 53.4 Å². The van der Waals surface area contributed by atoms with E-state index in [0.29, 0.717) is 29.6 Å². The van der Waals surface area contributed by atoms with Crippen LogP contribution in [0.4, 0.5) is 0 Å². The maximum absolute atomic E-state index is 13.5. The number of hydrogen-bond donors (Lipinski definition) is 2. The van der Waals surface area contributed by atoms with Gasteiger partial charge in [-0.25, -0.2) is 0 Å². The van der Waals surface area contributed by atoms with Crippen molar-refractivity contribution >= 4 is 17.8 Å². The zero-order valence-corrected chi connectivity index (χ0v) is 29.2. The van der Waals surface area contributed by atoms with Gasteiger partial charge in [-0.05, 0) is 128 Å². The van der Waals surface area contributed by atoms with Gasteiger partial charge in [0.15, 0.2) is 0 Å². The fourth-order valence-electron chi connectivity index (χ4n) is 13.1. The van der Waals surface area contributed by atoms with Gasteiger partial charge in [0.2, 0.25) is 5.91 Å². The zero-order valence-electron chi connectivity index (χ0n) is 29.2. The van der Waals surface area contributed by atoms with Gasteiger partial charge in [0.1, 0.15) is 0 Å². The lowest BCUT2D eigenvalue weighted by molar-refractivity contribution is -0.240. The van der Waals surface area contributed by atoms with Crippen molar-refractivity contribution in [2.45, 2.75) is 138 Å². The molecule has 6 nitrogen and oxygen atoms in total. The maximum Gasteiger partial charge on any atom is 0.312 e. The van der Waals surface area contributed by atoms with Gasteiger partial charge in [-0.15, -0.1) is 0 Å². The Labute approximate surface area is 266 Å². The summed E-state index contributed by atoms with van der Waals surface area (Å²) in [5.74, 6) is 1.46. The van der Waals surface area contributed by atoms with Crippen LogP contribution in [0.5, 0.6) is 0 Å². The maximum atomic E-state index is 13.5. The van der Waals surface area contributed by atoms with Gasteiger partial charge >= 0.3 is 11.9 Å². The van der Waals surface area contributed by atoms with Crippen molar-refractivity contribution in [1.29, 1.82) is 0 Å².